The highest BCUT2D eigenvalue weighted by Gasteiger charge is 2.38. The first-order valence-electron chi connectivity index (χ1n) is 3.94. The van der Waals surface area contributed by atoms with E-state index in [1.807, 2.05) is 6.92 Å². The number of alkyl halides is 3. The van der Waals surface area contributed by atoms with Crippen molar-refractivity contribution in [1.29, 1.82) is 0 Å². The fourth-order valence-corrected chi connectivity index (χ4v) is 0.806. The molecule has 0 spiro atoms. The molecule has 0 amide bonds. The topological polar surface area (TPSA) is 38.9 Å². The van der Waals surface area contributed by atoms with Crippen molar-refractivity contribution < 1.29 is 17.7 Å². The highest BCUT2D eigenvalue weighted by molar-refractivity contribution is 4.89. The molecule has 0 saturated heterocycles. The van der Waals surface area contributed by atoms with Gasteiger partial charge >= 0.3 is 12.1 Å². The lowest BCUT2D eigenvalue weighted by molar-refractivity contribution is -0.159. The molecule has 1 heterocycles. The number of aryl methyl sites for hydroxylation is 1. The molecule has 0 aliphatic heterocycles. The third-order valence-electron chi connectivity index (χ3n) is 1.46. The summed E-state index contributed by atoms with van der Waals surface area (Å²) in [4.78, 5) is 3.22. The number of aromatic nitrogens is 2. The first-order chi connectivity index (χ1) is 6.04. The lowest BCUT2D eigenvalue weighted by atomic mass is 10.2. The minimum Gasteiger partial charge on any atom is -0.329 e. The molecule has 0 unspecified atom stereocenters. The Morgan fingerprint density at radius 2 is 2.08 bits per heavy atom. The Balaban J connectivity index is 2.64. The second kappa shape index (κ2) is 3.76. The highest BCUT2D eigenvalue weighted by Crippen LogP contribution is 2.27. The predicted molar refractivity (Wildman–Crippen MR) is 37.9 cm³/mol. The van der Waals surface area contributed by atoms with Crippen molar-refractivity contribution >= 4 is 0 Å². The molecule has 1 rings (SSSR count). The van der Waals surface area contributed by atoms with Gasteiger partial charge in [0.15, 0.2) is 5.82 Å². The Kier molecular flexibility index (Phi) is 2.90. The number of hydrogen-bond donors (Lipinski definition) is 0. The van der Waals surface area contributed by atoms with Crippen LogP contribution in [-0.4, -0.2) is 10.1 Å². The van der Waals surface area contributed by atoms with E-state index in [9.17, 15) is 13.2 Å². The van der Waals surface area contributed by atoms with E-state index in [1.54, 1.807) is 0 Å². The lowest BCUT2D eigenvalue weighted by Gasteiger charge is -1.95. The molecule has 0 bridgehead atoms. The fourth-order valence-electron chi connectivity index (χ4n) is 0.806. The van der Waals surface area contributed by atoms with Crippen LogP contribution in [0.1, 0.15) is 31.5 Å². The summed E-state index contributed by atoms with van der Waals surface area (Å²) in [7, 11) is 0. The molecule has 0 N–H and O–H groups in total. The summed E-state index contributed by atoms with van der Waals surface area (Å²) < 4.78 is 39.8. The average Bonchev–Trinajstić information content (AvgIpc) is 2.47. The number of halogens is 3. The number of unbranched alkanes of at least 4 members (excludes halogenated alkanes) is 1. The standard InChI is InChI=1S/C7H9F3N2O/c1-2-3-4-5-11-6(13-12-5)7(8,9)10/h2-4H2,1H3. The first-order valence-corrected chi connectivity index (χ1v) is 3.94. The van der Waals surface area contributed by atoms with E-state index < -0.39 is 12.1 Å². The van der Waals surface area contributed by atoms with Gasteiger partial charge in [-0.3, -0.25) is 0 Å². The second-order valence-electron chi connectivity index (χ2n) is 2.62. The molecule has 0 atom stereocenters. The van der Waals surface area contributed by atoms with Gasteiger partial charge in [0.2, 0.25) is 0 Å². The quantitative estimate of drug-likeness (QED) is 0.741. The molecule has 0 aliphatic carbocycles. The first kappa shape index (κ1) is 10.0. The van der Waals surface area contributed by atoms with Crippen molar-refractivity contribution in [1.82, 2.24) is 10.1 Å². The van der Waals surface area contributed by atoms with Gasteiger partial charge in [-0.2, -0.15) is 18.2 Å². The van der Waals surface area contributed by atoms with Gasteiger partial charge in [-0.05, 0) is 6.42 Å². The zero-order chi connectivity index (χ0) is 9.90. The molecule has 0 saturated carbocycles. The van der Waals surface area contributed by atoms with E-state index in [0.717, 1.165) is 12.8 Å². The molecule has 6 heteroatoms. The Morgan fingerprint density at radius 3 is 2.54 bits per heavy atom. The second-order valence-corrected chi connectivity index (χ2v) is 2.62. The minimum atomic E-state index is -4.53. The SMILES string of the molecule is CCCCc1noc(C(F)(F)F)n1. The summed E-state index contributed by atoms with van der Waals surface area (Å²) in [5.41, 5.74) is 0. The summed E-state index contributed by atoms with van der Waals surface area (Å²) in [6, 6.07) is 0. The number of nitrogens with zero attached hydrogens (tertiary/aromatic N) is 2. The van der Waals surface area contributed by atoms with E-state index in [2.05, 4.69) is 14.7 Å². The van der Waals surface area contributed by atoms with Crippen LogP contribution in [0.2, 0.25) is 0 Å². The van der Waals surface area contributed by atoms with Crippen LogP contribution in [-0.2, 0) is 12.6 Å². The predicted octanol–water partition coefficient (Wildman–Crippen LogP) is 2.43. The van der Waals surface area contributed by atoms with Gasteiger partial charge in [-0.15, -0.1) is 0 Å². The maximum Gasteiger partial charge on any atom is 0.471 e. The minimum absolute atomic E-state index is 0.120. The highest BCUT2D eigenvalue weighted by atomic mass is 19.4. The number of rotatable bonds is 3. The third kappa shape index (κ3) is 2.71. The zero-order valence-electron chi connectivity index (χ0n) is 7.06. The van der Waals surface area contributed by atoms with Gasteiger partial charge < -0.3 is 4.52 Å². The van der Waals surface area contributed by atoms with Crippen LogP contribution in [0.15, 0.2) is 4.52 Å². The smallest absolute Gasteiger partial charge is 0.329 e. The van der Waals surface area contributed by atoms with Crippen molar-refractivity contribution in [2.45, 2.75) is 32.4 Å². The van der Waals surface area contributed by atoms with Gasteiger partial charge in [0.1, 0.15) is 0 Å². The Hall–Kier alpha value is -1.07. The van der Waals surface area contributed by atoms with Crippen molar-refractivity contribution in [2.75, 3.05) is 0 Å². The lowest BCUT2D eigenvalue weighted by Crippen LogP contribution is -2.05. The van der Waals surface area contributed by atoms with Crippen molar-refractivity contribution in [3.05, 3.63) is 11.7 Å². The Morgan fingerprint density at radius 1 is 1.38 bits per heavy atom. The summed E-state index contributed by atoms with van der Waals surface area (Å²) in [6.07, 6.45) is -2.46. The zero-order valence-corrected chi connectivity index (χ0v) is 7.06. The van der Waals surface area contributed by atoms with Gasteiger partial charge in [0.05, 0.1) is 0 Å². The summed E-state index contributed by atoms with van der Waals surface area (Å²) >= 11 is 0. The molecular formula is C7H9F3N2O. The monoisotopic (exact) mass is 194 g/mol. The van der Waals surface area contributed by atoms with Gasteiger partial charge in [-0.25, -0.2) is 0 Å². The van der Waals surface area contributed by atoms with Crippen LogP contribution in [0.5, 0.6) is 0 Å². The van der Waals surface area contributed by atoms with Crippen LogP contribution < -0.4 is 0 Å². The Labute approximate surface area is 72.9 Å². The van der Waals surface area contributed by atoms with Crippen molar-refractivity contribution in [2.24, 2.45) is 0 Å². The van der Waals surface area contributed by atoms with Crippen molar-refractivity contribution in [3.8, 4) is 0 Å². The summed E-state index contributed by atoms with van der Waals surface area (Å²) in [6.45, 7) is 1.94. The van der Waals surface area contributed by atoms with Crippen LogP contribution in [0.25, 0.3) is 0 Å². The molecule has 13 heavy (non-hydrogen) atoms. The van der Waals surface area contributed by atoms with Crippen LogP contribution in [0, 0.1) is 0 Å². The molecule has 1 aromatic rings. The molecule has 3 nitrogen and oxygen atoms in total. The van der Waals surface area contributed by atoms with E-state index in [-0.39, 0.29) is 5.82 Å². The molecule has 0 radical (unpaired) electrons. The van der Waals surface area contributed by atoms with Gasteiger partial charge in [-0.1, -0.05) is 18.5 Å². The van der Waals surface area contributed by atoms with Gasteiger partial charge in [0.25, 0.3) is 0 Å². The maximum atomic E-state index is 11.9. The summed E-state index contributed by atoms with van der Waals surface area (Å²) in [5.74, 6) is -1.15. The van der Waals surface area contributed by atoms with Crippen LogP contribution in [0.4, 0.5) is 13.2 Å². The molecule has 74 valence electrons. The van der Waals surface area contributed by atoms with Crippen LogP contribution in [0.3, 0.4) is 0 Å². The van der Waals surface area contributed by atoms with Gasteiger partial charge in [0, 0.05) is 6.42 Å². The third-order valence-corrected chi connectivity index (χ3v) is 1.46. The van der Waals surface area contributed by atoms with E-state index in [4.69, 9.17) is 0 Å². The molecule has 0 aromatic carbocycles. The van der Waals surface area contributed by atoms with Crippen LogP contribution >= 0.6 is 0 Å². The summed E-state index contributed by atoms with van der Waals surface area (Å²) in [5, 5.41) is 3.21. The molecule has 0 aliphatic rings. The van der Waals surface area contributed by atoms with E-state index in [1.165, 1.54) is 0 Å². The Bertz CT molecular complexity index is 269. The average molecular weight is 194 g/mol. The normalized spacial score (nSPS) is 12.0. The number of hydrogen-bond acceptors (Lipinski definition) is 3. The molecular weight excluding hydrogens is 185 g/mol. The fraction of sp³-hybridized carbons (Fsp3) is 0.714. The molecule has 1 aromatic heterocycles. The molecule has 0 fully saturated rings. The van der Waals surface area contributed by atoms with Crippen molar-refractivity contribution in [3.63, 3.8) is 0 Å². The van der Waals surface area contributed by atoms with E-state index in [0.29, 0.717) is 6.42 Å². The maximum absolute atomic E-state index is 11.9. The van der Waals surface area contributed by atoms with E-state index >= 15 is 0 Å². The largest absolute Gasteiger partial charge is 0.471 e.